The normalized spacial score (nSPS) is 11.3. The summed E-state index contributed by atoms with van der Waals surface area (Å²) in [6.45, 7) is 4.74. The van der Waals surface area contributed by atoms with Crippen LogP contribution in [0.1, 0.15) is 37.0 Å². The van der Waals surface area contributed by atoms with E-state index in [4.69, 9.17) is 0 Å². The van der Waals surface area contributed by atoms with E-state index in [1.165, 1.54) is 12.3 Å². The topological polar surface area (TPSA) is 42.0 Å². The standard InChI is InChI=1S/C13H19FN2OS/c1-4-13(5-2,18-3)9-16-12(17)10-6-7-15-8-11(10)14/h6-8H,4-5,9H2,1-3H3,(H,16,17). The van der Waals surface area contributed by atoms with E-state index in [9.17, 15) is 9.18 Å². The smallest absolute Gasteiger partial charge is 0.254 e. The molecule has 18 heavy (non-hydrogen) atoms. The third-order valence-electron chi connectivity index (χ3n) is 3.31. The van der Waals surface area contributed by atoms with E-state index in [0.29, 0.717) is 6.54 Å². The van der Waals surface area contributed by atoms with Gasteiger partial charge in [-0.3, -0.25) is 9.78 Å². The molecule has 1 amide bonds. The summed E-state index contributed by atoms with van der Waals surface area (Å²) in [6, 6.07) is 1.39. The van der Waals surface area contributed by atoms with Crippen molar-refractivity contribution in [2.24, 2.45) is 0 Å². The molecule has 5 heteroatoms. The molecule has 0 spiro atoms. The summed E-state index contributed by atoms with van der Waals surface area (Å²) < 4.78 is 13.4. The first-order valence-corrected chi connectivity index (χ1v) is 7.24. The predicted molar refractivity (Wildman–Crippen MR) is 73.4 cm³/mol. The first-order chi connectivity index (χ1) is 8.58. The Morgan fingerprint density at radius 3 is 2.67 bits per heavy atom. The van der Waals surface area contributed by atoms with E-state index in [1.54, 1.807) is 11.8 Å². The van der Waals surface area contributed by atoms with Crippen LogP contribution in [-0.4, -0.2) is 28.4 Å². The zero-order valence-electron chi connectivity index (χ0n) is 11.0. The van der Waals surface area contributed by atoms with E-state index in [1.807, 2.05) is 6.26 Å². The summed E-state index contributed by atoms with van der Waals surface area (Å²) in [5.41, 5.74) is 0.0483. The van der Waals surface area contributed by atoms with Gasteiger partial charge >= 0.3 is 0 Å². The number of aromatic nitrogens is 1. The monoisotopic (exact) mass is 270 g/mol. The van der Waals surface area contributed by atoms with Crippen molar-refractivity contribution >= 4 is 17.7 Å². The lowest BCUT2D eigenvalue weighted by atomic mass is 10.0. The summed E-state index contributed by atoms with van der Waals surface area (Å²) in [5, 5.41) is 2.81. The van der Waals surface area contributed by atoms with Gasteiger partial charge in [-0.1, -0.05) is 13.8 Å². The van der Waals surface area contributed by atoms with Gasteiger partial charge in [0.1, 0.15) is 0 Å². The SMILES string of the molecule is CCC(CC)(CNC(=O)c1ccncc1F)SC. The van der Waals surface area contributed by atoms with Crippen molar-refractivity contribution in [3.8, 4) is 0 Å². The van der Waals surface area contributed by atoms with Crippen molar-refractivity contribution in [1.82, 2.24) is 10.3 Å². The highest BCUT2D eigenvalue weighted by Crippen LogP contribution is 2.29. The Labute approximate surface area is 112 Å². The van der Waals surface area contributed by atoms with E-state index in [-0.39, 0.29) is 16.2 Å². The van der Waals surface area contributed by atoms with Crippen LogP contribution in [0.15, 0.2) is 18.5 Å². The molecule has 0 unspecified atom stereocenters. The number of nitrogens with one attached hydrogen (secondary N) is 1. The zero-order valence-corrected chi connectivity index (χ0v) is 11.8. The fourth-order valence-corrected chi connectivity index (χ4v) is 2.55. The Morgan fingerprint density at radius 1 is 1.50 bits per heavy atom. The number of thioether (sulfide) groups is 1. The second-order valence-corrected chi connectivity index (χ2v) is 5.41. The van der Waals surface area contributed by atoms with Gasteiger partial charge in [-0.25, -0.2) is 4.39 Å². The number of halogens is 1. The van der Waals surface area contributed by atoms with Crippen LogP contribution < -0.4 is 5.32 Å². The molecule has 0 bridgehead atoms. The molecule has 1 N–H and O–H groups in total. The molecule has 1 rings (SSSR count). The summed E-state index contributed by atoms with van der Waals surface area (Å²) in [6.07, 6.45) is 6.43. The van der Waals surface area contributed by atoms with Crippen molar-refractivity contribution < 1.29 is 9.18 Å². The van der Waals surface area contributed by atoms with Crippen LogP contribution in [0, 0.1) is 5.82 Å². The third kappa shape index (κ3) is 3.45. The minimum Gasteiger partial charge on any atom is -0.351 e. The minimum atomic E-state index is -0.585. The van der Waals surface area contributed by atoms with Crippen molar-refractivity contribution in [2.45, 2.75) is 31.4 Å². The molecule has 0 atom stereocenters. The summed E-state index contributed by atoms with van der Waals surface area (Å²) in [7, 11) is 0. The second-order valence-electron chi connectivity index (χ2n) is 4.13. The maximum Gasteiger partial charge on any atom is 0.254 e. The third-order valence-corrected chi connectivity index (χ3v) is 4.90. The second kappa shape index (κ2) is 6.73. The van der Waals surface area contributed by atoms with E-state index < -0.39 is 5.82 Å². The van der Waals surface area contributed by atoms with E-state index in [0.717, 1.165) is 19.0 Å². The number of pyridine rings is 1. The number of hydrogen-bond acceptors (Lipinski definition) is 3. The molecule has 0 fully saturated rings. The van der Waals surface area contributed by atoms with Gasteiger partial charge in [0.2, 0.25) is 0 Å². The Hall–Kier alpha value is -1.10. The predicted octanol–water partition coefficient (Wildman–Crippen LogP) is 2.87. The quantitative estimate of drug-likeness (QED) is 0.864. The van der Waals surface area contributed by atoms with Gasteiger partial charge < -0.3 is 5.32 Å². The maximum atomic E-state index is 13.4. The van der Waals surface area contributed by atoms with Gasteiger partial charge in [0.25, 0.3) is 5.91 Å². The molecule has 0 saturated carbocycles. The first-order valence-electron chi connectivity index (χ1n) is 6.01. The van der Waals surface area contributed by atoms with Crippen LogP contribution >= 0.6 is 11.8 Å². The summed E-state index contributed by atoms with van der Waals surface area (Å²) >= 11 is 1.74. The number of rotatable bonds is 6. The maximum absolute atomic E-state index is 13.4. The number of carbonyl (C=O) groups is 1. The minimum absolute atomic E-state index is 0.0270. The summed E-state index contributed by atoms with van der Waals surface area (Å²) in [4.78, 5) is 15.5. The molecule has 0 aliphatic heterocycles. The van der Waals surface area contributed by atoms with Crippen LogP contribution in [0.25, 0.3) is 0 Å². The first kappa shape index (κ1) is 15.0. The van der Waals surface area contributed by atoms with Crippen LogP contribution in [0.5, 0.6) is 0 Å². The molecule has 0 aliphatic carbocycles. The Kier molecular flexibility index (Phi) is 5.59. The van der Waals surface area contributed by atoms with E-state index >= 15 is 0 Å². The fraction of sp³-hybridized carbons (Fsp3) is 0.538. The zero-order chi connectivity index (χ0) is 13.6. The number of hydrogen-bond donors (Lipinski definition) is 1. The molecule has 0 aromatic carbocycles. The highest BCUT2D eigenvalue weighted by atomic mass is 32.2. The van der Waals surface area contributed by atoms with Gasteiger partial charge in [-0.15, -0.1) is 0 Å². The van der Waals surface area contributed by atoms with Gasteiger partial charge in [0.15, 0.2) is 5.82 Å². The number of amides is 1. The average molecular weight is 270 g/mol. The van der Waals surface area contributed by atoms with Gasteiger partial charge in [0.05, 0.1) is 11.8 Å². The van der Waals surface area contributed by atoms with Gasteiger partial charge in [0, 0.05) is 17.5 Å². The van der Waals surface area contributed by atoms with Crippen molar-refractivity contribution in [1.29, 1.82) is 0 Å². The van der Waals surface area contributed by atoms with Crippen molar-refractivity contribution in [2.75, 3.05) is 12.8 Å². The van der Waals surface area contributed by atoms with Crippen molar-refractivity contribution in [3.63, 3.8) is 0 Å². The summed E-state index contributed by atoms with van der Waals surface area (Å²) in [5.74, 6) is -0.965. The number of carbonyl (C=O) groups excluding carboxylic acids is 1. The van der Waals surface area contributed by atoms with Gasteiger partial charge in [-0.05, 0) is 25.2 Å². The Morgan fingerprint density at radius 2 is 2.17 bits per heavy atom. The van der Waals surface area contributed by atoms with E-state index in [2.05, 4.69) is 24.1 Å². The molecule has 0 aliphatic rings. The molecular weight excluding hydrogens is 251 g/mol. The molecule has 100 valence electrons. The Bertz CT molecular complexity index is 399. The lowest BCUT2D eigenvalue weighted by Gasteiger charge is -2.29. The van der Waals surface area contributed by atoms with Gasteiger partial charge in [-0.2, -0.15) is 11.8 Å². The molecule has 1 aromatic rings. The average Bonchev–Trinajstić information content (AvgIpc) is 2.41. The lowest BCUT2D eigenvalue weighted by Crippen LogP contribution is -2.39. The molecule has 3 nitrogen and oxygen atoms in total. The number of nitrogens with zero attached hydrogens (tertiary/aromatic N) is 1. The van der Waals surface area contributed by atoms with Crippen LogP contribution in [0.4, 0.5) is 4.39 Å². The lowest BCUT2D eigenvalue weighted by molar-refractivity contribution is 0.0944. The van der Waals surface area contributed by atoms with Crippen LogP contribution in [-0.2, 0) is 0 Å². The fourth-order valence-electron chi connectivity index (χ4n) is 1.76. The van der Waals surface area contributed by atoms with Crippen LogP contribution in [0.3, 0.4) is 0 Å². The van der Waals surface area contributed by atoms with Crippen molar-refractivity contribution in [3.05, 3.63) is 29.8 Å². The highest BCUT2D eigenvalue weighted by molar-refractivity contribution is 8.00. The highest BCUT2D eigenvalue weighted by Gasteiger charge is 2.26. The Balaban J connectivity index is 2.69. The molecule has 1 aromatic heterocycles. The molecular formula is C13H19FN2OS. The van der Waals surface area contributed by atoms with Crippen LogP contribution in [0.2, 0.25) is 0 Å². The largest absolute Gasteiger partial charge is 0.351 e. The molecule has 0 saturated heterocycles. The molecule has 1 heterocycles. The molecule has 0 radical (unpaired) electrons.